The van der Waals surface area contributed by atoms with Crippen molar-refractivity contribution in [1.29, 1.82) is 0 Å². The van der Waals surface area contributed by atoms with Crippen LogP contribution in [0.2, 0.25) is 0 Å². The van der Waals surface area contributed by atoms with E-state index in [4.69, 9.17) is 10.6 Å². The van der Waals surface area contributed by atoms with Gasteiger partial charge in [-0.3, -0.25) is 10.8 Å². The molecule has 21 heavy (non-hydrogen) atoms. The number of rotatable bonds is 7. The van der Waals surface area contributed by atoms with Crippen LogP contribution in [-0.4, -0.2) is 11.6 Å². The fourth-order valence-corrected chi connectivity index (χ4v) is 2.40. The van der Waals surface area contributed by atoms with E-state index in [1.165, 1.54) is 11.1 Å². The van der Waals surface area contributed by atoms with Crippen LogP contribution in [-0.2, 0) is 6.42 Å². The molecule has 0 saturated carbocycles. The van der Waals surface area contributed by atoms with Crippen molar-refractivity contribution in [2.45, 2.75) is 32.7 Å². The molecule has 2 rings (SSSR count). The van der Waals surface area contributed by atoms with Gasteiger partial charge in [0.1, 0.15) is 5.75 Å². The van der Waals surface area contributed by atoms with Gasteiger partial charge in [-0.05, 0) is 35.6 Å². The minimum atomic E-state index is -0.0844. The average Bonchev–Trinajstić information content (AvgIpc) is 2.54. The van der Waals surface area contributed by atoms with Gasteiger partial charge in [-0.15, -0.1) is 0 Å². The summed E-state index contributed by atoms with van der Waals surface area (Å²) >= 11 is 0. The van der Waals surface area contributed by atoms with E-state index in [-0.39, 0.29) is 6.04 Å². The first-order valence-corrected chi connectivity index (χ1v) is 7.41. The number of benzene rings is 1. The summed E-state index contributed by atoms with van der Waals surface area (Å²) in [6, 6.07) is 10.2. The molecular formula is C17H23N3O. The normalized spacial score (nSPS) is 12.1. The molecule has 0 saturated heterocycles. The number of aromatic nitrogens is 1. The lowest BCUT2D eigenvalue weighted by molar-refractivity contribution is 0.315. The number of hydrazine groups is 1. The minimum Gasteiger partial charge on any atom is -0.492 e. The Kier molecular flexibility index (Phi) is 5.72. The summed E-state index contributed by atoms with van der Waals surface area (Å²) in [4.78, 5) is 4.27. The number of pyridine rings is 1. The fourth-order valence-electron chi connectivity index (χ4n) is 2.40. The third-order valence-electron chi connectivity index (χ3n) is 3.45. The van der Waals surface area contributed by atoms with Gasteiger partial charge >= 0.3 is 0 Å². The first kappa shape index (κ1) is 15.5. The summed E-state index contributed by atoms with van der Waals surface area (Å²) in [6.07, 6.45) is 5.50. The fraction of sp³-hybridized carbons (Fsp3) is 0.353. The second-order valence-electron chi connectivity index (χ2n) is 4.95. The molecule has 0 amide bonds. The summed E-state index contributed by atoms with van der Waals surface area (Å²) in [6.45, 7) is 4.92. The van der Waals surface area contributed by atoms with Crippen LogP contribution in [0.5, 0.6) is 5.75 Å². The van der Waals surface area contributed by atoms with E-state index >= 15 is 0 Å². The largest absolute Gasteiger partial charge is 0.492 e. The lowest BCUT2D eigenvalue weighted by atomic mass is 9.94. The van der Waals surface area contributed by atoms with E-state index in [1.54, 1.807) is 6.20 Å². The van der Waals surface area contributed by atoms with Gasteiger partial charge in [-0.2, -0.15) is 0 Å². The summed E-state index contributed by atoms with van der Waals surface area (Å²) in [5.74, 6) is 6.57. The van der Waals surface area contributed by atoms with E-state index < -0.39 is 0 Å². The molecule has 3 N–H and O–H groups in total. The number of ether oxygens (including phenoxy) is 1. The standard InChI is InChI=1S/C17H23N3O/c1-3-9-21-15-10-14(11-19-12-15)17(20-18)16-8-6-5-7-13(16)4-2/h5-8,10-12,17,20H,3-4,9,18H2,1-2H3. The van der Waals surface area contributed by atoms with Crippen molar-refractivity contribution >= 4 is 0 Å². The van der Waals surface area contributed by atoms with Gasteiger partial charge in [0.2, 0.25) is 0 Å². The molecule has 1 aromatic carbocycles. The second kappa shape index (κ2) is 7.76. The topological polar surface area (TPSA) is 60.2 Å². The van der Waals surface area contributed by atoms with E-state index in [9.17, 15) is 0 Å². The predicted molar refractivity (Wildman–Crippen MR) is 85.0 cm³/mol. The quantitative estimate of drug-likeness (QED) is 0.606. The van der Waals surface area contributed by atoms with Crippen LogP contribution in [0.1, 0.15) is 43.0 Å². The molecule has 0 aliphatic rings. The van der Waals surface area contributed by atoms with Gasteiger partial charge in [-0.1, -0.05) is 38.1 Å². The third-order valence-corrected chi connectivity index (χ3v) is 3.45. The van der Waals surface area contributed by atoms with Gasteiger partial charge in [0.25, 0.3) is 0 Å². The van der Waals surface area contributed by atoms with Crippen molar-refractivity contribution in [1.82, 2.24) is 10.4 Å². The molecule has 0 aliphatic carbocycles. The van der Waals surface area contributed by atoms with Crippen LogP contribution < -0.4 is 16.0 Å². The molecule has 1 atom stereocenters. The Hall–Kier alpha value is -1.91. The Balaban J connectivity index is 2.32. The lowest BCUT2D eigenvalue weighted by Crippen LogP contribution is -2.29. The van der Waals surface area contributed by atoms with Gasteiger partial charge in [0, 0.05) is 6.20 Å². The Morgan fingerprint density at radius 3 is 2.76 bits per heavy atom. The monoisotopic (exact) mass is 285 g/mol. The van der Waals surface area contributed by atoms with Crippen LogP contribution in [0.25, 0.3) is 0 Å². The number of nitrogens with two attached hydrogens (primary N) is 1. The Morgan fingerprint density at radius 1 is 1.24 bits per heavy atom. The van der Waals surface area contributed by atoms with Crippen molar-refractivity contribution in [3.8, 4) is 5.75 Å². The Morgan fingerprint density at radius 2 is 2.05 bits per heavy atom. The number of hydrogen-bond donors (Lipinski definition) is 2. The lowest BCUT2D eigenvalue weighted by Gasteiger charge is -2.20. The first-order chi connectivity index (χ1) is 10.3. The third kappa shape index (κ3) is 3.80. The van der Waals surface area contributed by atoms with Crippen LogP contribution in [0.15, 0.2) is 42.7 Å². The number of nitrogens with zero attached hydrogens (tertiary/aromatic N) is 1. The Bertz CT molecular complexity index is 571. The molecule has 0 aliphatic heterocycles. The maximum absolute atomic E-state index is 5.79. The summed E-state index contributed by atoms with van der Waals surface area (Å²) in [5.41, 5.74) is 6.36. The van der Waals surface area contributed by atoms with Crippen molar-refractivity contribution in [3.05, 3.63) is 59.4 Å². The minimum absolute atomic E-state index is 0.0844. The average molecular weight is 285 g/mol. The van der Waals surface area contributed by atoms with Crippen molar-refractivity contribution in [3.63, 3.8) is 0 Å². The van der Waals surface area contributed by atoms with E-state index in [2.05, 4.69) is 42.5 Å². The molecule has 0 bridgehead atoms. The SMILES string of the molecule is CCCOc1cncc(C(NN)c2ccccc2CC)c1. The highest BCUT2D eigenvalue weighted by atomic mass is 16.5. The predicted octanol–water partition coefficient (Wildman–Crippen LogP) is 2.99. The van der Waals surface area contributed by atoms with Gasteiger partial charge in [0.15, 0.2) is 0 Å². The summed E-state index contributed by atoms with van der Waals surface area (Å²) < 4.78 is 5.65. The van der Waals surface area contributed by atoms with Crippen molar-refractivity contribution in [2.75, 3.05) is 6.61 Å². The van der Waals surface area contributed by atoms with Crippen LogP contribution in [0, 0.1) is 0 Å². The smallest absolute Gasteiger partial charge is 0.137 e. The Labute approximate surface area is 126 Å². The van der Waals surface area contributed by atoms with Crippen molar-refractivity contribution in [2.24, 2.45) is 5.84 Å². The molecule has 1 unspecified atom stereocenters. The van der Waals surface area contributed by atoms with Crippen LogP contribution in [0.3, 0.4) is 0 Å². The van der Waals surface area contributed by atoms with Gasteiger partial charge in [0.05, 0.1) is 18.8 Å². The van der Waals surface area contributed by atoms with Gasteiger partial charge in [-0.25, -0.2) is 5.43 Å². The number of hydrogen-bond acceptors (Lipinski definition) is 4. The molecule has 112 valence electrons. The zero-order valence-electron chi connectivity index (χ0n) is 12.7. The maximum Gasteiger partial charge on any atom is 0.137 e. The summed E-state index contributed by atoms with van der Waals surface area (Å²) in [5, 5.41) is 0. The molecule has 0 spiro atoms. The molecule has 2 aromatic rings. The molecule has 0 fully saturated rings. The molecule has 4 nitrogen and oxygen atoms in total. The van der Waals surface area contributed by atoms with E-state index in [0.29, 0.717) is 6.61 Å². The molecular weight excluding hydrogens is 262 g/mol. The highest BCUT2D eigenvalue weighted by Crippen LogP contribution is 2.26. The van der Waals surface area contributed by atoms with E-state index in [0.717, 1.165) is 24.2 Å². The first-order valence-electron chi connectivity index (χ1n) is 7.41. The zero-order valence-corrected chi connectivity index (χ0v) is 12.7. The molecule has 1 heterocycles. The van der Waals surface area contributed by atoms with Crippen molar-refractivity contribution < 1.29 is 4.74 Å². The number of aryl methyl sites for hydroxylation is 1. The molecule has 1 aromatic heterocycles. The molecule has 4 heteroatoms. The van der Waals surface area contributed by atoms with Gasteiger partial charge < -0.3 is 4.74 Å². The number of nitrogens with one attached hydrogen (secondary N) is 1. The maximum atomic E-state index is 5.79. The van der Waals surface area contributed by atoms with E-state index in [1.807, 2.05) is 18.3 Å². The molecule has 0 radical (unpaired) electrons. The van der Waals surface area contributed by atoms with Crippen LogP contribution in [0.4, 0.5) is 0 Å². The highest BCUT2D eigenvalue weighted by Gasteiger charge is 2.16. The van der Waals surface area contributed by atoms with Crippen LogP contribution >= 0.6 is 0 Å². The second-order valence-corrected chi connectivity index (χ2v) is 4.95. The highest BCUT2D eigenvalue weighted by molar-refractivity contribution is 5.38. The zero-order chi connectivity index (χ0) is 15.1. The summed E-state index contributed by atoms with van der Waals surface area (Å²) in [7, 11) is 0.